The molecule has 0 aromatic heterocycles. The zero-order valence-corrected chi connectivity index (χ0v) is 5.47. The van der Waals surface area contributed by atoms with Crippen LogP contribution in [0.5, 0.6) is 0 Å². The highest BCUT2D eigenvalue weighted by molar-refractivity contribution is 6.50. The van der Waals surface area contributed by atoms with Crippen molar-refractivity contribution in [1.82, 2.24) is 0 Å². The van der Waals surface area contributed by atoms with Gasteiger partial charge < -0.3 is 10.9 Å². The highest BCUT2D eigenvalue weighted by atomic mass is 16.4. The summed E-state index contributed by atoms with van der Waals surface area (Å²) in [5.74, 6) is 0.262. The van der Waals surface area contributed by atoms with E-state index in [1.165, 1.54) is 0 Å². The van der Waals surface area contributed by atoms with E-state index in [0.29, 0.717) is 0 Å². The Bertz CT molecular complexity index is 106. The van der Waals surface area contributed by atoms with Crippen molar-refractivity contribution in [3.8, 4) is 0 Å². The summed E-state index contributed by atoms with van der Waals surface area (Å²) < 4.78 is 0. The number of rotatable bonds is 1. The summed E-state index contributed by atoms with van der Waals surface area (Å²) in [6.45, 7) is 1.88. The molecule has 0 spiro atoms. The van der Waals surface area contributed by atoms with Gasteiger partial charge in [0.1, 0.15) is 21.5 Å². The highest BCUT2D eigenvalue weighted by Crippen LogP contribution is 2.11. The van der Waals surface area contributed by atoms with Crippen molar-refractivity contribution in [2.24, 2.45) is 10.9 Å². The van der Waals surface area contributed by atoms with Gasteiger partial charge >= 0.3 is 0 Å². The molecule has 0 fully saturated rings. The number of oxime groups is 1. The average Bonchev–Trinajstić information content (AvgIpc) is 1.62. The van der Waals surface area contributed by atoms with E-state index in [-0.39, 0.29) is 11.0 Å². The third kappa shape index (κ3) is 1.91. The fraction of sp³-hybridized carbons (Fsp3) is 0.667. The van der Waals surface area contributed by atoms with Crippen molar-refractivity contribution in [3.63, 3.8) is 0 Å². The Morgan fingerprint density at radius 3 is 2.12 bits per heavy atom. The molecule has 0 radical (unpaired) electrons. The van der Waals surface area contributed by atoms with Crippen LogP contribution in [-0.4, -0.2) is 26.7 Å². The second kappa shape index (κ2) is 2.11. The van der Waals surface area contributed by atoms with Gasteiger partial charge in [-0.3, -0.25) is 0 Å². The van der Waals surface area contributed by atoms with Crippen LogP contribution < -0.4 is 5.73 Å². The molecular weight excluding hydrogens is 102 g/mol. The maximum Gasteiger partial charge on any atom is 0.129 e. The first-order valence-corrected chi connectivity index (χ1v) is 2.46. The molecule has 3 nitrogen and oxygen atoms in total. The van der Waals surface area contributed by atoms with E-state index in [9.17, 15) is 0 Å². The molecular formula is C3H10B2N2O. The Morgan fingerprint density at radius 1 is 1.75 bits per heavy atom. The summed E-state index contributed by atoms with van der Waals surface area (Å²) in [5.41, 5.74) is 5.25. The van der Waals surface area contributed by atoms with Crippen molar-refractivity contribution in [2.45, 2.75) is 12.1 Å². The van der Waals surface area contributed by atoms with E-state index in [2.05, 4.69) is 5.16 Å². The zero-order chi connectivity index (χ0) is 6.78. The van der Waals surface area contributed by atoms with Crippen LogP contribution in [-0.2, 0) is 0 Å². The van der Waals surface area contributed by atoms with Crippen LogP contribution in [0.2, 0.25) is 5.21 Å². The highest BCUT2D eigenvalue weighted by Gasteiger charge is 2.15. The standard InChI is InChI=1S/C3H10B2N2O/c1-3(4,5)2(6)7-8/h8H,4-5H2,1H3,(H2,6,7). The minimum absolute atomic E-state index is 0.214. The van der Waals surface area contributed by atoms with Gasteiger partial charge in [-0.15, -0.1) is 0 Å². The Morgan fingerprint density at radius 2 is 2.12 bits per heavy atom. The van der Waals surface area contributed by atoms with E-state index in [4.69, 9.17) is 10.9 Å². The lowest BCUT2D eigenvalue weighted by Gasteiger charge is -2.14. The first-order chi connectivity index (χ1) is 3.48. The Labute approximate surface area is 50.8 Å². The Kier molecular flexibility index (Phi) is 1.95. The van der Waals surface area contributed by atoms with Crippen LogP contribution >= 0.6 is 0 Å². The summed E-state index contributed by atoms with van der Waals surface area (Å²) in [6.07, 6.45) is 0. The summed E-state index contributed by atoms with van der Waals surface area (Å²) in [4.78, 5) is 0. The van der Waals surface area contributed by atoms with Gasteiger partial charge in [0.05, 0.1) is 0 Å². The molecule has 0 aliphatic carbocycles. The first kappa shape index (κ1) is 7.40. The van der Waals surface area contributed by atoms with Crippen LogP contribution in [0.15, 0.2) is 5.16 Å². The molecule has 0 heterocycles. The molecule has 0 aliphatic heterocycles. The third-order valence-corrected chi connectivity index (χ3v) is 0.876. The molecule has 8 heavy (non-hydrogen) atoms. The fourth-order valence-electron chi connectivity index (χ4n) is 0.150. The van der Waals surface area contributed by atoms with Crippen molar-refractivity contribution in [1.29, 1.82) is 0 Å². The fourth-order valence-corrected chi connectivity index (χ4v) is 0.150. The van der Waals surface area contributed by atoms with Crippen molar-refractivity contribution >= 4 is 21.5 Å². The molecule has 0 rings (SSSR count). The number of hydrogen-bond acceptors (Lipinski definition) is 2. The Balaban J connectivity index is 4.03. The van der Waals surface area contributed by atoms with Gasteiger partial charge in [0.25, 0.3) is 0 Å². The largest absolute Gasteiger partial charge is 0.409 e. The SMILES string of the molecule is BC(B)(C)/C(N)=N/O. The molecule has 0 atom stereocenters. The molecule has 0 unspecified atom stereocenters. The number of hydrogen-bond donors (Lipinski definition) is 2. The van der Waals surface area contributed by atoms with Crippen molar-refractivity contribution in [2.75, 3.05) is 0 Å². The van der Waals surface area contributed by atoms with Gasteiger partial charge in [-0.05, 0) is 5.21 Å². The first-order valence-electron chi connectivity index (χ1n) is 2.46. The molecule has 0 saturated carbocycles. The summed E-state index contributed by atoms with van der Waals surface area (Å²) >= 11 is 0. The predicted octanol–water partition coefficient (Wildman–Crippen LogP) is -1.86. The van der Waals surface area contributed by atoms with Gasteiger partial charge in [-0.1, -0.05) is 12.1 Å². The lowest BCUT2D eigenvalue weighted by molar-refractivity contribution is 0.316. The van der Waals surface area contributed by atoms with E-state index >= 15 is 0 Å². The van der Waals surface area contributed by atoms with Crippen molar-refractivity contribution < 1.29 is 5.21 Å². The van der Waals surface area contributed by atoms with Crippen LogP contribution in [0.4, 0.5) is 0 Å². The molecule has 0 saturated heterocycles. The molecule has 0 bridgehead atoms. The van der Waals surface area contributed by atoms with Crippen molar-refractivity contribution in [3.05, 3.63) is 0 Å². The summed E-state index contributed by atoms with van der Waals surface area (Å²) in [6, 6.07) is 0. The quantitative estimate of drug-likeness (QED) is 0.137. The zero-order valence-electron chi connectivity index (χ0n) is 5.47. The van der Waals surface area contributed by atoms with E-state index < -0.39 is 0 Å². The smallest absolute Gasteiger partial charge is 0.129 e. The molecule has 0 aliphatic rings. The number of nitrogens with two attached hydrogens (primary N) is 1. The van der Waals surface area contributed by atoms with Crippen LogP contribution in [0.25, 0.3) is 0 Å². The van der Waals surface area contributed by atoms with Crippen LogP contribution in [0.1, 0.15) is 6.92 Å². The van der Waals surface area contributed by atoms with E-state index in [1.807, 2.05) is 22.6 Å². The molecule has 0 aromatic rings. The normalized spacial score (nSPS) is 13.9. The molecule has 5 heteroatoms. The molecule has 44 valence electrons. The van der Waals surface area contributed by atoms with Gasteiger partial charge in [0, 0.05) is 0 Å². The van der Waals surface area contributed by atoms with Crippen LogP contribution in [0.3, 0.4) is 0 Å². The number of amidine groups is 1. The van der Waals surface area contributed by atoms with Gasteiger partial charge in [0.15, 0.2) is 0 Å². The lowest BCUT2D eigenvalue weighted by Crippen LogP contribution is -2.28. The summed E-state index contributed by atoms with van der Waals surface area (Å²) in [7, 11) is 3.75. The van der Waals surface area contributed by atoms with Gasteiger partial charge in [0.2, 0.25) is 0 Å². The van der Waals surface area contributed by atoms with E-state index in [0.717, 1.165) is 0 Å². The second-order valence-electron chi connectivity index (χ2n) is 2.74. The maximum atomic E-state index is 8.13. The predicted molar refractivity (Wildman–Crippen MR) is 38.9 cm³/mol. The molecule has 0 amide bonds. The summed E-state index contributed by atoms with van der Waals surface area (Å²) in [5, 5.41) is 10.8. The molecule has 3 N–H and O–H groups in total. The molecule has 0 aromatic carbocycles. The maximum absolute atomic E-state index is 8.13. The monoisotopic (exact) mass is 112 g/mol. The number of nitrogens with zero attached hydrogens (tertiary/aromatic N) is 1. The Hall–Kier alpha value is -0.600. The second-order valence-corrected chi connectivity index (χ2v) is 2.74. The topological polar surface area (TPSA) is 58.6 Å². The third-order valence-electron chi connectivity index (χ3n) is 0.876. The van der Waals surface area contributed by atoms with Crippen LogP contribution in [0, 0.1) is 0 Å². The van der Waals surface area contributed by atoms with Gasteiger partial charge in [-0.2, -0.15) is 0 Å². The van der Waals surface area contributed by atoms with E-state index in [1.54, 1.807) is 0 Å². The lowest BCUT2D eigenvalue weighted by atomic mass is 9.55. The minimum atomic E-state index is -0.214. The van der Waals surface area contributed by atoms with Gasteiger partial charge in [-0.25, -0.2) is 0 Å². The minimum Gasteiger partial charge on any atom is -0.409 e. The average molecular weight is 112 g/mol.